The molecule has 2 rings (SSSR count). The number of ether oxygens (including phenoxy) is 1. The summed E-state index contributed by atoms with van der Waals surface area (Å²) in [6, 6.07) is 4.34. The quantitative estimate of drug-likeness (QED) is 0.846. The van der Waals surface area contributed by atoms with Crippen molar-refractivity contribution in [3.05, 3.63) is 35.1 Å². The summed E-state index contributed by atoms with van der Waals surface area (Å²) < 4.78 is 18.4. The zero-order valence-electron chi connectivity index (χ0n) is 11.1. The van der Waals surface area contributed by atoms with Gasteiger partial charge in [-0.25, -0.2) is 14.0 Å². The third-order valence-corrected chi connectivity index (χ3v) is 3.56. The summed E-state index contributed by atoms with van der Waals surface area (Å²) in [7, 11) is 1.20. The van der Waals surface area contributed by atoms with E-state index in [1.54, 1.807) is 6.07 Å². The number of rotatable bonds is 2. The molecule has 1 atom stereocenters. The molecule has 0 aromatic heterocycles. The largest absolute Gasteiger partial charge is 0.465 e. The summed E-state index contributed by atoms with van der Waals surface area (Å²) in [6.07, 6.45) is 0.597. The number of nitrogens with zero attached hydrogens (tertiary/aromatic N) is 1. The van der Waals surface area contributed by atoms with E-state index in [1.165, 1.54) is 24.1 Å². The number of hydrogen-bond acceptors (Lipinski definition) is 3. The molecule has 0 bridgehead atoms. The highest BCUT2D eigenvalue weighted by Crippen LogP contribution is 2.28. The molecular formula is C14H16FNO4. The van der Waals surface area contributed by atoms with Crippen LogP contribution in [0.4, 0.5) is 9.18 Å². The molecule has 1 N–H and O–H groups in total. The lowest BCUT2D eigenvalue weighted by Crippen LogP contribution is -2.38. The molecule has 20 heavy (non-hydrogen) atoms. The number of esters is 1. The van der Waals surface area contributed by atoms with Crippen LogP contribution in [0.15, 0.2) is 18.2 Å². The maximum Gasteiger partial charge on any atom is 0.407 e. The maximum atomic E-state index is 13.9. The molecule has 108 valence electrons. The molecule has 6 heteroatoms. The van der Waals surface area contributed by atoms with Gasteiger partial charge in [0.2, 0.25) is 0 Å². The van der Waals surface area contributed by atoms with Gasteiger partial charge in [-0.2, -0.15) is 0 Å². The van der Waals surface area contributed by atoms with Crippen LogP contribution in [-0.2, 0) is 4.74 Å². The fraction of sp³-hybridized carbons (Fsp3) is 0.429. The number of halogens is 1. The lowest BCUT2D eigenvalue weighted by Gasteiger charge is -2.31. The van der Waals surface area contributed by atoms with Crippen molar-refractivity contribution >= 4 is 12.1 Å². The van der Waals surface area contributed by atoms with Crippen molar-refractivity contribution in [1.29, 1.82) is 0 Å². The standard InChI is InChI=1S/C14H16FNO4/c1-20-13(17)11-5-4-9(7-12(11)15)10-3-2-6-16(8-10)14(18)19/h4-5,7,10H,2-3,6,8H2,1H3,(H,18,19)/t10-/m0/s1. The Kier molecular flexibility index (Phi) is 4.22. The molecule has 1 saturated heterocycles. The van der Waals surface area contributed by atoms with Crippen LogP contribution in [0.5, 0.6) is 0 Å². The number of carbonyl (C=O) groups excluding carboxylic acids is 1. The Balaban J connectivity index is 2.19. The molecule has 5 nitrogen and oxygen atoms in total. The lowest BCUT2D eigenvalue weighted by atomic mass is 9.90. The van der Waals surface area contributed by atoms with Crippen molar-refractivity contribution in [1.82, 2.24) is 4.90 Å². The van der Waals surface area contributed by atoms with Crippen LogP contribution in [0.25, 0.3) is 0 Å². The summed E-state index contributed by atoms with van der Waals surface area (Å²) in [5, 5.41) is 9.00. The van der Waals surface area contributed by atoms with Gasteiger partial charge in [0, 0.05) is 19.0 Å². The second-order valence-corrected chi connectivity index (χ2v) is 4.80. The predicted octanol–water partition coefficient (Wildman–Crippen LogP) is 2.47. The van der Waals surface area contributed by atoms with Crippen LogP contribution in [0.3, 0.4) is 0 Å². The van der Waals surface area contributed by atoms with Crippen LogP contribution >= 0.6 is 0 Å². The first kappa shape index (κ1) is 14.3. The van der Waals surface area contributed by atoms with Gasteiger partial charge in [0.25, 0.3) is 0 Å². The van der Waals surface area contributed by atoms with Crippen LogP contribution in [-0.4, -0.2) is 42.3 Å². The van der Waals surface area contributed by atoms with Gasteiger partial charge >= 0.3 is 12.1 Å². The third kappa shape index (κ3) is 2.89. The molecule has 1 aromatic rings. The monoisotopic (exact) mass is 281 g/mol. The predicted molar refractivity (Wildman–Crippen MR) is 69.3 cm³/mol. The fourth-order valence-electron chi connectivity index (χ4n) is 2.48. The first-order chi connectivity index (χ1) is 9.52. The van der Waals surface area contributed by atoms with Crippen molar-refractivity contribution in [2.75, 3.05) is 20.2 Å². The number of methoxy groups -OCH3 is 1. The highest BCUT2D eigenvalue weighted by Gasteiger charge is 2.25. The van der Waals surface area contributed by atoms with Gasteiger partial charge in [-0.05, 0) is 30.5 Å². The van der Waals surface area contributed by atoms with Crippen molar-refractivity contribution < 1.29 is 23.8 Å². The van der Waals surface area contributed by atoms with E-state index < -0.39 is 17.9 Å². The number of piperidine rings is 1. The minimum absolute atomic E-state index is 0.0407. The Morgan fingerprint density at radius 1 is 1.45 bits per heavy atom. The molecule has 1 heterocycles. The summed E-state index contributed by atoms with van der Waals surface area (Å²) in [5.41, 5.74) is 0.600. The molecular weight excluding hydrogens is 265 g/mol. The number of carbonyl (C=O) groups is 2. The maximum absolute atomic E-state index is 13.9. The molecule has 0 spiro atoms. The van der Waals surface area contributed by atoms with Crippen LogP contribution in [0.2, 0.25) is 0 Å². The molecule has 0 radical (unpaired) electrons. The van der Waals surface area contributed by atoms with Crippen LogP contribution in [0, 0.1) is 5.82 Å². The van der Waals surface area contributed by atoms with Crippen molar-refractivity contribution in [3.63, 3.8) is 0 Å². The van der Waals surface area contributed by atoms with Crippen LogP contribution < -0.4 is 0 Å². The van der Waals surface area contributed by atoms with Gasteiger partial charge in [-0.3, -0.25) is 0 Å². The number of benzene rings is 1. The zero-order valence-corrected chi connectivity index (χ0v) is 11.1. The number of hydrogen-bond donors (Lipinski definition) is 1. The van der Waals surface area contributed by atoms with Gasteiger partial charge in [0.05, 0.1) is 12.7 Å². The number of likely N-dealkylation sites (tertiary alicyclic amines) is 1. The molecule has 1 fully saturated rings. The summed E-state index contributed by atoms with van der Waals surface area (Å²) in [4.78, 5) is 23.6. The Morgan fingerprint density at radius 2 is 2.20 bits per heavy atom. The highest BCUT2D eigenvalue weighted by atomic mass is 19.1. The lowest BCUT2D eigenvalue weighted by molar-refractivity contribution is 0.0595. The summed E-state index contributed by atoms with van der Waals surface area (Å²) >= 11 is 0. The highest BCUT2D eigenvalue weighted by molar-refractivity contribution is 5.89. The average molecular weight is 281 g/mol. The van der Waals surface area contributed by atoms with Crippen molar-refractivity contribution in [3.8, 4) is 0 Å². The summed E-state index contributed by atoms with van der Waals surface area (Å²) in [6.45, 7) is 0.862. The number of carboxylic acid groups (broad SMARTS) is 1. The van der Waals surface area contributed by atoms with E-state index in [9.17, 15) is 14.0 Å². The van der Waals surface area contributed by atoms with E-state index in [0.717, 1.165) is 12.8 Å². The van der Waals surface area contributed by atoms with Gasteiger partial charge in [-0.15, -0.1) is 0 Å². The van der Waals surface area contributed by atoms with Crippen LogP contribution in [0.1, 0.15) is 34.7 Å². The van der Waals surface area contributed by atoms with E-state index >= 15 is 0 Å². The molecule has 1 aliphatic rings. The second-order valence-electron chi connectivity index (χ2n) is 4.80. The molecule has 0 unspecified atom stereocenters. The van der Waals surface area contributed by atoms with E-state index in [-0.39, 0.29) is 11.5 Å². The van der Waals surface area contributed by atoms with E-state index in [2.05, 4.69) is 4.74 Å². The molecule has 1 aromatic carbocycles. The topological polar surface area (TPSA) is 66.8 Å². The Hall–Kier alpha value is -2.11. The van der Waals surface area contributed by atoms with Gasteiger partial charge in [0.1, 0.15) is 5.82 Å². The number of amides is 1. The van der Waals surface area contributed by atoms with Gasteiger partial charge in [0.15, 0.2) is 0 Å². The molecule has 1 amide bonds. The Bertz CT molecular complexity index is 532. The zero-order chi connectivity index (χ0) is 14.7. The first-order valence-electron chi connectivity index (χ1n) is 6.38. The third-order valence-electron chi connectivity index (χ3n) is 3.56. The van der Waals surface area contributed by atoms with Gasteiger partial charge < -0.3 is 14.7 Å². The smallest absolute Gasteiger partial charge is 0.407 e. The van der Waals surface area contributed by atoms with E-state index in [1.807, 2.05) is 0 Å². The molecule has 0 saturated carbocycles. The first-order valence-corrected chi connectivity index (χ1v) is 6.38. The summed E-state index contributed by atoms with van der Waals surface area (Å²) in [5.74, 6) is -1.40. The second kappa shape index (κ2) is 5.90. The SMILES string of the molecule is COC(=O)c1ccc([C@H]2CCCN(C(=O)O)C2)cc1F. The fourth-order valence-corrected chi connectivity index (χ4v) is 2.48. The minimum Gasteiger partial charge on any atom is -0.465 e. The van der Waals surface area contributed by atoms with E-state index in [0.29, 0.717) is 18.7 Å². The minimum atomic E-state index is -0.957. The van der Waals surface area contributed by atoms with E-state index in [4.69, 9.17) is 5.11 Å². The Morgan fingerprint density at radius 3 is 2.80 bits per heavy atom. The van der Waals surface area contributed by atoms with Gasteiger partial charge in [-0.1, -0.05) is 6.07 Å². The normalized spacial score (nSPS) is 18.7. The van der Waals surface area contributed by atoms with Crippen molar-refractivity contribution in [2.24, 2.45) is 0 Å². The average Bonchev–Trinajstić information content (AvgIpc) is 2.46. The molecule has 0 aliphatic carbocycles. The Labute approximate surface area is 116 Å². The molecule has 1 aliphatic heterocycles. The van der Waals surface area contributed by atoms with Crippen molar-refractivity contribution in [2.45, 2.75) is 18.8 Å².